The molecule has 1 aliphatic carbocycles. The van der Waals surface area contributed by atoms with Crippen LogP contribution in [0.2, 0.25) is 0 Å². The van der Waals surface area contributed by atoms with Crippen LogP contribution in [0, 0.1) is 11.2 Å². The molecular formula is C32H29FN4O5S. The number of anilines is 2. The molecule has 9 nitrogen and oxygen atoms in total. The monoisotopic (exact) mass is 600 g/mol. The number of benzene rings is 2. The molecule has 3 heterocycles. The third-order valence-corrected chi connectivity index (χ3v) is 8.28. The van der Waals surface area contributed by atoms with Gasteiger partial charge in [0.15, 0.2) is 11.6 Å². The Morgan fingerprint density at radius 3 is 2.51 bits per heavy atom. The first-order valence-electron chi connectivity index (χ1n) is 13.8. The maximum Gasteiger partial charge on any atom is 0.240 e. The van der Waals surface area contributed by atoms with Crippen molar-refractivity contribution in [3.8, 4) is 22.1 Å². The van der Waals surface area contributed by atoms with Crippen molar-refractivity contribution in [3.63, 3.8) is 0 Å². The first-order chi connectivity index (χ1) is 20.9. The van der Waals surface area contributed by atoms with E-state index in [0.29, 0.717) is 48.7 Å². The van der Waals surface area contributed by atoms with Gasteiger partial charge in [0.25, 0.3) is 0 Å². The lowest BCUT2D eigenvalue weighted by Crippen LogP contribution is -2.35. The molecule has 0 unspecified atom stereocenters. The van der Waals surface area contributed by atoms with Crippen molar-refractivity contribution in [1.82, 2.24) is 10.3 Å². The molecule has 11 heteroatoms. The lowest BCUT2D eigenvalue weighted by atomic mass is 10.0. The second kappa shape index (κ2) is 12.3. The molecule has 0 bridgehead atoms. The van der Waals surface area contributed by atoms with E-state index in [4.69, 9.17) is 13.9 Å². The standard InChI is InChI=1S/C32H29FN4O5S/c1-40-16-15-34-19-22-8-10-26(41-22)28-18-24-29(43-28)27(11-14-35-24)42-25-9-7-21(17-23(25)33)37-31(39)32(12-13-32)30(38)36-20-5-3-2-4-6-20/h2-11,14,17-18,34H,12-13,15-16,19H2,1H3,(H,36,38)(H,37,39). The summed E-state index contributed by atoms with van der Waals surface area (Å²) in [6.07, 6.45) is 2.45. The van der Waals surface area contributed by atoms with Crippen LogP contribution in [0.25, 0.3) is 20.9 Å². The molecule has 1 saturated carbocycles. The van der Waals surface area contributed by atoms with E-state index < -0.39 is 17.1 Å². The average Bonchev–Trinajstić information content (AvgIpc) is 3.49. The minimum atomic E-state index is -1.17. The number of thiophene rings is 1. The summed E-state index contributed by atoms with van der Waals surface area (Å²) in [5.74, 6) is 0.433. The van der Waals surface area contributed by atoms with Gasteiger partial charge >= 0.3 is 0 Å². The molecule has 6 rings (SSSR count). The zero-order chi connectivity index (χ0) is 29.8. The van der Waals surface area contributed by atoms with E-state index in [-0.39, 0.29) is 17.3 Å². The van der Waals surface area contributed by atoms with Crippen LogP contribution in [0.4, 0.5) is 15.8 Å². The maximum absolute atomic E-state index is 15.2. The van der Waals surface area contributed by atoms with Crippen molar-refractivity contribution in [2.75, 3.05) is 30.9 Å². The fourth-order valence-corrected chi connectivity index (χ4v) is 5.62. The number of halogens is 1. The molecule has 0 saturated heterocycles. The molecule has 0 aliphatic heterocycles. The van der Waals surface area contributed by atoms with Crippen LogP contribution in [0.5, 0.6) is 11.5 Å². The zero-order valence-electron chi connectivity index (χ0n) is 23.3. The number of furan rings is 1. The number of hydrogen-bond acceptors (Lipinski definition) is 8. The smallest absolute Gasteiger partial charge is 0.240 e. The lowest BCUT2D eigenvalue weighted by molar-refractivity contribution is -0.131. The van der Waals surface area contributed by atoms with Crippen molar-refractivity contribution in [3.05, 3.63) is 90.6 Å². The van der Waals surface area contributed by atoms with E-state index in [2.05, 4.69) is 20.9 Å². The number of methoxy groups -OCH3 is 1. The Balaban J connectivity index is 1.13. The SMILES string of the molecule is COCCNCc1ccc(-c2cc3nccc(Oc4ccc(NC(=O)C5(C(=O)Nc6ccccc6)CC5)cc4F)c3s2)o1. The van der Waals surface area contributed by atoms with E-state index in [1.54, 1.807) is 49.7 Å². The summed E-state index contributed by atoms with van der Waals surface area (Å²) in [7, 11) is 1.66. The summed E-state index contributed by atoms with van der Waals surface area (Å²) in [6, 6.07) is 20.5. The van der Waals surface area contributed by atoms with Crippen LogP contribution in [0.15, 0.2) is 83.4 Å². The highest BCUT2D eigenvalue weighted by molar-refractivity contribution is 7.22. The van der Waals surface area contributed by atoms with E-state index in [0.717, 1.165) is 21.9 Å². The summed E-state index contributed by atoms with van der Waals surface area (Å²) in [5.41, 5.74) is 0.372. The molecule has 3 aromatic heterocycles. The summed E-state index contributed by atoms with van der Waals surface area (Å²) in [5, 5.41) is 8.73. The summed E-state index contributed by atoms with van der Waals surface area (Å²) < 4.78 is 32.9. The van der Waals surface area contributed by atoms with Gasteiger partial charge in [-0.1, -0.05) is 18.2 Å². The number of aromatic nitrogens is 1. The molecule has 43 heavy (non-hydrogen) atoms. The Bertz CT molecular complexity index is 1770. The molecule has 1 aliphatic rings. The van der Waals surface area contributed by atoms with Gasteiger partial charge in [0.05, 0.1) is 28.2 Å². The Labute approximate surface area is 251 Å². The Kier molecular flexibility index (Phi) is 8.19. The Hall–Kier alpha value is -4.58. The van der Waals surface area contributed by atoms with Crippen molar-refractivity contribution in [2.45, 2.75) is 19.4 Å². The Morgan fingerprint density at radius 1 is 0.977 bits per heavy atom. The minimum Gasteiger partial charge on any atom is -0.459 e. The molecule has 2 amide bonds. The van der Waals surface area contributed by atoms with Gasteiger partial charge < -0.3 is 29.8 Å². The quantitative estimate of drug-likeness (QED) is 0.109. The van der Waals surface area contributed by atoms with Crippen LogP contribution in [-0.2, 0) is 20.9 Å². The fraction of sp³-hybridized carbons (Fsp3) is 0.219. The van der Waals surface area contributed by atoms with Gasteiger partial charge in [0.1, 0.15) is 22.7 Å². The molecule has 5 aromatic rings. The summed E-state index contributed by atoms with van der Waals surface area (Å²) >= 11 is 1.43. The number of para-hydroxylation sites is 1. The fourth-order valence-electron chi connectivity index (χ4n) is 4.59. The highest BCUT2D eigenvalue weighted by Gasteiger charge is 2.56. The van der Waals surface area contributed by atoms with E-state index in [1.807, 2.05) is 24.3 Å². The number of ether oxygens (including phenoxy) is 2. The van der Waals surface area contributed by atoms with Gasteiger partial charge in [-0.15, -0.1) is 11.3 Å². The van der Waals surface area contributed by atoms with Gasteiger partial charge in [0.2, 0.25) is 11.8 Å². The van der Waals surface area contributed by atoms with Crippen molar-refractivity contribution in [1.29, 1.82) is 0 Å². The molecular weight excluding hydrogens is 571 g/mol. The molecule has 220 valence electrons. The molecule has 0 spiro atoms. The maximum atomic E-state index is 15.2. The van der Waals surface area contributed by atoms with E-state index in [9.17, 15) is 9.59 Å². The van der Waals surface area contributed by atoms with Crippen molar-refractivity contribution < 1.29 is 27.9 Å². The number of fused-ring (bicyclic) bond motifs is 1. The van der Waals surface area contributed by atoms with Crippen LogP contribution in [0.1, 0.15) is 18.6 Å². The number of carbonyl (C=O) groups excluding carboxylic acids is 2. The molecule has 3 N–H and O–H groups in total. The first kappa shape index (κ1) is 28.5. The minimum absolute atomic E-state index is 0.00850. The number of hydrogen-bond donors (Lipinski definition) is 3. The van der Waals surface area contributed by atoms with Crippen molar-refractivity contribution in [2.24, 2.45) is 5.41 Å². The highest BCUT2D eigenvalue weighted by Crippen LogP contribution is 2.48. The lowest BCUT2D eigenvalue weighted by Gasteiger charge is -2.16. The molecule has 1 fully saturated rings. The molecule has 0 atom stereocenters. The van der Waals surface area contributed by atoms with E-state index >= 15 is 4.39 Å². The van der Waals surface area contributed by atoms with E-state index in [1.165, 1.54) is 23.5 Å². The Morgan fingerprint density at radius 2 is 1.77 bits per heavy atom. The van der Waals surface area contributed by atoms with Crippen LogP contribution in [0.3, 0.4) is 0 Å². The third-order valence-electron chi connectivity index (χ3n) is 7.12. The molecule has 0 radical (unpaired) electrons. The predicted octanol–water partition coefficient (Wildman–Crippen LogP) is 6.58. The van der Waals surface area contributed by atoms with Gasteiger partial charge in [0, 0.05) is 43.4 Å². The normalized spacial score (nSPS) is 13.5. The van der Waals surface area contributed by atoms with Crippen LogP contribution < -0.4 is 20.7 Å². The number of pyridine rings is 1. The predicted molar refractivity (Wildman–Crippen MR) is 163 cm³/mol. The topological polar surface area (TPSA) is 115 Å². The number of nitrogens with zero attached hydrogens (tertiary/aromatic N) is 1. The number of nitrogens with one attached hydrogen (secondary N) is 3. The second-order valence-corrected chi connectivity index (χ2v) is 11.2. The van der Waals surface area contributed by atoms with Gasteiger partial charge in [-0.05, 0) is 55.3 Å². The van der Waals surface area contributed by atoms with Crippen molar-refractivity contribution >= 4 is 44.7 Å². The number of rotatable bonds is 12. The highest BCUT2D eigenvalue weighted by atomic mass is 32.1. The number of carbonyl (C=O) groups is 2. The number of amides is 2. The molecule has 2 aromatic carbocycles. The summed E-state index contributed by atoms with van der Waals surface area (Å²) in [4.78, 5) is 31.1. The second-order valence-electron chi connectivity index (χ2n) is 10.2. The average molecular weight is 601 g/mol. The van der Waals surface area contributed by atoms with Gasteiger partial charge in [-0.3, -0.25) is 14.6 Å². The first-order valence-corrected chi connectivity index (χ1v) is 14.6. The zero-order valence-corrected chi connectivity index (χ0v) is 24.1. The van der Waals surface area contributed by atoms with Gasteiger partial charge in [-0.2, -0.15) is 0 Å². The largest absolute Gasteiger partial charge is 0.459 e. The summed E-state index contributed by atoms with van der Waals surface area (Å²) in [6.45, 7) is 1.92. The van der Waals surface area contributed by atoms with Crippen LogP contribution >= 0.6 is 11.3 Å². The van der Waals surface area contributed by atoms with Gasteiger partial charge in [-0.25, -0.2) is 4.39 Å². The third kappa shape index (κ3) is 6.29. The van der Waals surface area contributed by atoms with Crippen LogP contribution in [-0.4, -0.2) is 37.1 Å².